The van der Waals surface area contributed by atoms with Crippen LogP contribution in [-0.4, -0.2) is 47.7 Å². The van der Waals surface area contributed by atoms with E-state index in [1.165, 1.54) is 14.2 Å². The molecule has 1 aromatic rings. The molecule has 2 rings (SSSR count). The molecule has 98 valence electrons. The Morgan fingerprint density at radius 3 is 2.44 bits per heavy atom. The number of nitrogens with zero attached hydrogens (tertiary/aromatic N) is 3. The standard InChI is InChI=1S/C10H15N5O3/c1-17-9-13-8(14-10(15-9)18-2)11-5-6-3-4-7(16)12-6/h6H,3-5H2,1-2H3,(H,12,16)(H,11,13,14,15). The quantitative estimate of drug-likeness (QED) is 0.735. The Kier molecular flexibility index (Phi) is 3.75. The molecule has 2 heterocycles. The van der Waals surface area contributed by atoms with Crippen LogP contribution < -0.4 is 20.1 Å². The van der Waals surface area contributed by atoms with Gasteiger partial charge in [0.2, 0.25) is 11.9 Å². The van der Waals surface area contributed by atoms with Gasteiger partial charge in [0.15, 0.2) is 0 Å². The largest absolute Gasteiger partial charge is 0.467 e. The number of anilines is 1. The molecule has 1 saturated heterocycles. The molecule has 0 saturated carbocycles. The highest BCUT2D eigenvalue weighted by atomic mass is 16.5. The molecule has 1 unspecified atom stereocenters. The maximum absolute atomic E-state index is 11.0. The van der Waals surface area contributed by atoms with Gasteiger partial charge in [-0.1, -0.05) is 0 Å². The predicted octanol–water partition coefficient (Wildman–Crippen LogP) is -0.421. The molecule has 1 fully saturated rings. The maximum Gasteiger partial charge on any atom is 0.324 e. The monoisotopic (exact) mass is 253 g/mol. The van der Waals surface area contributed by atoms with Gasteiger partial charge in [0.1, 0.15) is 0 Å². The number of nitrogens with one attached hydrogen (secondary N) is 2. The van der Waals surface area contributed by atoms with Crippen LogP contribution in [0.4, 0.5) is 5.95 Å². The van der Waals surface area contributed by atoms with Crippen molar-refractivity contribution in [3.63, 3.8) is 0 Å². The van der Waals surface area contributed by atoms with Crippen LogP contribution in [0.15, 0.2) is 0 Å². The van der Waals surface area contributed by atoms with Gasteiger partial charge in [0, 0.05) is 19.0 Å². The summed E-state index contributed by atoms with van der Waals surface area (Å²) < 4.78 is 9.87. The van der Waals surface area contributed by atoms with Crippen molar-refractivity contribution in [2.45, 2.75) is 18.9 Å². The van der Waals surface area contributed by atoms with Crippen LogP contribution in [0.25, 0.3) is 0 Å². The van der Waals surface area contributed by atoms with E-state index >= 15 is 0 Å². The molecule has 1 aliphatic rings. The Balaban J connectivity index is 1.97. The first-order chi connectivity index (χ1) is 8.71. The van der Waals surface area contributed by atoms with Crippen molar-refractivity contribution in [1.82, 2.24) is 20.3 Å². The number of carbonyl (C=O) groups is 1. The van der Waals surface area contributed by atoms with E-state index in [1.807, 2.05) is 0 Å². The van der Waals surface area contributed by atoms with E-state index in [2.05, 4.69) is 25.6 Å². The molecule has 1 aromatic heterocycles. The summed E-state index contributed by atoms with van der Waals surface area (Å²) in [5.74, 6) is 0.437. The van der Waals surface area contributed by atoms with Crippen LogP contribution in [0.3, 0.4) is 0 Å². The number of amides is 1. The second-order valence-corrected chi connectivity index (χ2v) is 3.82. The molecule has 0 aromatic carbocycles. The van der Waals surface area contributed by atoms with Crippen molar-refractivity contribution >= 4 is 11.9 Å². The lowest BCUT2D eigenvalue weighted by Gasteiger charge is -2.11. The number of hydrogen-bond donors (Lipinski definition) is 2. The van der Waals surface area contributed by atoms with Crippen LogP contribution in [0.1, 0.15) is 12.8 Å². The highest BCUT2D eigenvalue weighted by Gasteiger charge is 2.20. The average molecular weight is 253 g/mol. The summed E-state index contributed by atoms with van der Waals surface area (Å²) in [7, 11) is 2.94. The van der Waals surface area contributed by atoms with Crippen molar-refractivity contribution in [1.29, 1.82) is 0 Å². The van der Waals surface area contributed by atoms with Gasteiger partial charge in [-0.2, -0.15) is 9.97 Å². The Morgan fingerprint density at radius 1 is 1.28 bits per heavy atom. The van der Waals surface area contributed by atoms with Gasteiger partial charge < -0.3 is 20.1 Å². The van der Waals surface area contributed by atoms with Crippen molar-refractivity contribution in [3.05, 3.63) is 0 Å². The molecular formula is C10H15N5O3. The molecule has 8 heteroatoms. The maximum atomic E-state index is 11.0. The summed E-state index contributed by atoms with van der Waals surface area (Å²) in [6, 6.07) is 0.464. The first-order valence-electron chi connectivity index (χ1n) is 5.58. The smallest absolute Gasteiger partial charge is 0.324 e. The molecule has 0 radical (unpaired) electrons. The average Bonchev–Trinajstić information content (AvgIpc) is 2.81. The molecule has 0 bridgehead atoms. The molecule has 0 spiro atoms. The Labute approximate surface area is 104 Å². The fourth-order valence-corrected chi connectivity index (χ4v) is 1.64. The summed E-state index contributed by atoms with van der Waals surface area (Å²) in [6.45, 7) is 0.558. The number of methoxy groups -OCH3 is 2. The summed E-state index contributed by atoms with van der Waals surface area (Å²) in [5, 5.41) is 5.87. The van der Waals surface area contributed by atoms with Crippen molar-refractivity contribution in [2.75, 3.05) is 26.1 Å². The third-order valence-electron chi connectivity index (χ3n) is 2.55. The van der Waals surface area contributed by atoms with Crippen LogP contribution >= 0.6 is 0 Å². The minimum absolute atomic E-state index is 0.0765. The zero-order chi connectivity index (χ0) is 13.0. The van der Waals surface area contributed by atoms with E-state index in [0.717, 1.165) is 6.42 Å². The van der Waals surface area contributed by atoms with Gasteiger partial charge in [-0.05, 0) is 6.42 Å². The number of ether oxygens (including phenoxy) is 2. The molecule has 8 nitrogen and oxygen atoms in total. The molecular weight excluding hydrogens is 238 g/mol. The summed E-state index contributed by atoms with van der Waals surface area (Å²) in [5.41, 5.74) is 0. The highest BCUT2D eigenvalue weighted by Crippen LogP contribution is 2.13. The SMILES string of the molecule is COc1nc(NCC2CCC(=O)N2)nc(OC)n1. The zero-order valence-corrected chi connectivity index (χ0v) is 10.3. The lowest BCUT2D eigenvalue weighted by Crippen LogP contribution is -2.32. The van der Waals surface area contributed by atoms with Crippen molar-refractivity contribution in [2.24, 2.45) is 0 Å². The lowest BCUT2D eigenvalue weighted by molar-refractivity contribution is -0.119. The van der Waals surface area contributed by atoms with E-state index in [1.54, 1.807) is 0 Å². The highest BCUT2D eigenvalue weighted by molar-refractivity contribution is 5.78. The lowest BCUT2D eigenvalue weighted by atomic mass is 10.2. The van der Waals surface area contributed by atoms with Gasteiger partial charge in [-0.15, -0.1) is 4.98 Å². The summed E-state index contributed by atoms with van der Waals surface area (Å²) >= 11 is 0. The molecule has 18 heavy (non-hydrogen) atoms. The second-order valence-electron chi connectivity index (χ2n) is 3.82. The number of rotatable bonds is 5. The van der Waals surface area contributed by atoms with Gasteiger partial charge >= 0.3 is 12.0 Å². The third-order valence-corrected chi connectivity index (χ3v) is 2.55. The van der Waals surface area contributed by atoms with Crippen LogP contribution in [0.5, 0.6) is 12.0 Å². The minimum atomic E-state index is 0.0765. The Bertz CT molecular complexity index is 417. The van der Waals surface area contributed by atoms with Gasteiger partial charge in [-0.25, -0.2) is 0 Å². The fraction of sp³-hybridized carbons (Fsp3) is 0.600. The van der Waals surface area contributed by atoms with Crippen molar-refractivity contribution < 1.29 is 14.3 Å². The molecule has 2 N–H and O–H groups in total. The van der Waals surface area contributed by atoms with Crippen LogP contribution in [0.2, 0.25) is 0 Å². The molecule has 0 aliphatic carbocycles. The van der Waals surface area contributed by atoms with Crippen molar-refractivity contribution in [3.8, 4) is 12.0 Å². The fourth-order valence-electron chi connectivity index (χ4n) is 1.64. The summed E-state index contributed by atoms with van der Waals surface area (Å²) in [4.78, 5) is 23.0. The zero-order valence-electron chi connectivity index (χ0n) is 10.3. The number of carbonyl (C=O) groups excluding carboxylic acids is 1. The van der Waals surface area contributed by atoms with E-state index < -0.39 is 0 Å². The Hall–Kier alpha value is -2.12. The number of hydrogen-bond acceptors (Lipinski definition) is 7. The summed E-state index contributed by atoms with van der Waals surface area (Å²) in [6.07, 6.45) is 1.38. The van der Waals surface area contributed by atoms with E-state index in [9.17, 15) is 4.79 Å². The van der Waals surface area contributed by atoms with Gasteiger partial charge in [0.25, 0.3) is 0 Å². The van der Waals surface area contributed by atoms with E-state index in [-0.39, 0.29) is 24.0 Å². The Morgan fingerprint density at radius 2 is 1.94 bits per heavy atom. The predicted molar refractivity (Wildman–Crippen MR) is 62.6 cm³/mol. The van der Waals surface area contributed by atoms with Gasteiger partial charge in [-0.3, -0.25) is 4.79 Å². The van der Waals surface area contributed by atoms with Crippen LogP contribution in [0, 0.1) is 0 Å². The molecule has 1 aliphatic heterocycles. The first-order valence-corrected chi connectivity index (χ1v) is 5.58. The van der Waals surface area contributed by atoms with Crippen LogP contribution in [-0.2, 0) is 4.79 Å². The first kappa shape index (κ1) is 12.3. The van der Waals surface area contributed by atoms with E-state index in [4.69, 9.17) is 9.47 Å². The number of aromatic nitrogens is 3. The third kappa shape index (κ3) is 2.96. The van der Waals surface area contributed by atoms with E-state index in [0.29, 0.717) is 18.9 Å². The van der Waals surface area contributed by atoms with Gasteiger partial charge in [0.05, 0.1) is 14.2 Å². The second kappa shape index (κ2) is 5.48. The molecule has 1 atom stereocenters. The minimum Gasteiger partial charge on any atom is -0.467 e. The normalized spacial score (nSPS) is 18.3. The topological polar surface area (TPSA) is 98.3 Å². The molecule has 1 amide bonds.